The maximum atomic E-state index is 10.0. The van der Waals surface area contributed by atoms with Gasteiger partial charge >= 0.3 is 0 Å². The molecule has 2 aliphatic heterocycles. The van der Waals surface area contributed by atoms with Gasteiger partial charge in [-0.2, -0.15) is 0 Å². The molecule has 0 aromatic carbocycles. The molecule has 0 spiro atoms. The summed E-state index contributed by atoms with van der Waals surface area (Å²) in [5.74, 6) is 0. The summed E-state index contributed by atoms with van der Waals surface area (Å²) in [5, 5.41) is 13.7. The van der Waals surface area contributed by atoms with Crippen LogP contribution in [0.25, 0.3) is 0 Å². The first-order valence-electron chi connectivity index (χ1n) is 7.03. The molecule has 0 aromatic heterocycles. The highest BCUT2D eigenvalue weighted by Gasteiger charge is 2.40. The van der Waals surface area contributed by atoms with Gasteiger partial charge in [-0.15, -0.1) is 0 Å². The second-order valence-electron chi connectivity index (χ2n) is 5.72. The van der Waals surface area contributed by atoms with Crippen molar-refractivity contribution >= 4 is 0 Å². The Morgan fingerprint density at radius 3 is 2.50 bits per heavy atom. The molecule has 16 heavy (non-hydrogen) atoms. The van der Waals surface area contributed by atoms with E-state index in [2.05, 4.69) is 10.2 Å². The Labute approximate surface area is 98.2 Å². The van der Waals surface area contributed by atoms with Crippen molar-refractivity contribution in [2.75, 3.05) is 13.1 Å². The summed E-state index contributed by atoms with van der Waals surface area (Å²) in [5.41, 5.74) is 0. The molecule has 92 valence electrons. The Balaban J connectivity index is 1.68. The van der Waals surface area contributed by atoms with Gasteiger partial charge < -0.3 is 10.4 Å². The molecule has 3 aliphatic rings. The molecule has 2 heterocycles. The molecular formula is C13H24N2O. The van der Waals surface area contributed by atoms with E-state index < -0.39 is 0 Å². The Morgan fingerprint density at radius 2 is 1.81 bits per heavy atom. The third kappa shape index (κ3) is 1.89. The van der Waals surface area contributed by atoms with Crippen LogP contribution in [0, 0.1) is 0 Å². The minimum atomic E-state index is -0.0537. The van der Waals surface area contributed by atoms with Crippen molar-refractivity contribution in [2.45, 2.75) is 69.2 Å². The number of rotatable bonds is 2. The first-order valence-corrected chi connectivity index (χ1v) is 7.03. The maximum absolute atomic E-state index is 10.0. The molecule has 0 radical (unpaired) electrons. The van der Waals surface area contributed by atoms with Crippen LogP contribution in [-0.2, 0) is 0 Å². The first kappa shape index (κ1) is 11.0. The van der Waals surface area contributed by atoms with Gasteiger partial charge in [0.25, 0.3) is 0 Å². The van der Waals surface area contributed by atoms with E-state index >= 15 is 0 Å². The largest absolute Gasteiger partial charge is 0.391 e. The van der Waals surface area contributed by atoms with E-state index in [1.165, 1.54) is 51.6 Å². The normalized spacial score (nSPS) is 45.6. The maximum Gasteiger partial charge on any atom is 0.0695 e. The van der Waals surface area contributed by atoms with E-state index in [9.17, 15) is 5.11 Å². The van der Waals surface area contributed by atoms with Crippen LogP contribution in [0.3, 0.4) is 0 Å². The van der Waals surface area contributed by atoms with Crippen LogP contribution in [0.4, 0.5) is 0 Å². The molecule has 4 atom stereocenters. The molecule has 2 saturated heterocycles. The molecule has 4 unspecified atom stereocenters. The molecular weight excluding hydrogens is 200 g/mol. The first-order chi connectivity index (χ1) is 7.86. The zero-order valence-electron chi connectivity index (χ0n) is 10.1. The lowest BCUT2D eigenvalue weighted by molar-refractivity contribution is 0.0545. The number of aliphatic hydroxyl groups excluding tert-OH is 1. The second-order valence-corrected chi connectivity index (χ2v) is 5.72. The Bertz CT molecular complexity index is 240. The van der Waals surface area contributed by atoms with Crippen molar-refractivity contribution in [3.63, 3.8) is 0 Å². The van der Waals surface area contributed by atoms with Gasteiger partial charge in [0.05, 0.1) is 6.10 Å². The summed E-state index contributed by atoms with van der Waals surface area (Å²) in [7, 11) is 0. The van der Waals surface area contributed by atoms with Gasteiger partial charge in [0.1, 0.15) is 0 Å². The van der Waals surface area contributed by atoms with Crippen molar-refractivity contribution in [2.24, 2.45) is 0 Å². The van der Waals surface area contributed by atoms with Gasteiger partial charge in [-0.3, -0.25) is 4.90 Å². The van der Waals surface area contributed by atoms with Gasteiger partial charge in [0, 0.05) is 18.1 Å². The average Bonchev–Trinajstić information content (AvgIpc) is 2.95. The zero-order valence-corrected chi connectivity index (χ0v) is 10.1. The van der Waals surface area contributed by atoms with Gasteiger partial charge in [-0.1, -0.05) is 0 Å². The van der Waals surface area contributed by atoms with Gasteiger partial charge in [0.2, 0.25) is 0 Å². The zero-order chi connectivity index (χ0) is 11.0. The van der Waals surface area contributed by atoms with Crippen LogP contribution in [0.1, 0.15) is 44.9 Å². The summed E-state index contributed by atoms with van der Waals surface area (Å²) in [6.07, 6.45) is 8.73. The van der Waals surface area contributed by atoms with E-state index in [0.717, 1.165) is 6.42 Å². The number of nitrogens with zero attached hydrogens (tertiary/aromatic N) is 1. The van der Waals surface area contributed by atoms with E-state index in [1.807, 2.05) is 0 Å². The number of hydrogen-bond donors (Lipinski definition) is 2. The van der Waals surface area contributed by atoms with Crippen LogP contribution in [0.15, 0.2) is 0 Å². The van der Waals surface area contributed by atoms with Crippen molar-refractivity contribution < 1.29 is 5.11 Å². The topological polar surface area (TPSA) is 35.5 Å². The van der Waals surface area contributed by atoms with E-state index in [-0.39, 0.29) is 6.10 Å². The lowest BCUT2D eigenvalue weighted by atomic mass is 10.0. The number of nitrogens with one attached hydrogen (secondary N) is 1. The lowest BCUT2D eigenvalue weighted by Gasteiger charge is -2.35. The monoisotopic (exact) mass is 224 g/mol. The van der Waals surface area contributed by atoms with Crippen molar-refractivity contribution in [3.8, 4) is 0 Å². The fourth-order valence-corrected chi connectivity index (χ4v) is 4.01. The summed E-state index contributed by atoms with van der Waals surface area (Å²) in [4.78, 5) is 2.63. The number of likely N-dealkylation sites (tertiary alicyclic amines) is 1. The molecule has 0 bridgehead atoms. The van der Waals surface area contributed by atoms with Crippen molar-refractivity contribution in [1.29, 1.82) is 0 Å². The quantitative estimate of drug-likeness (QED) is 0.738. The summed E-state index contributed by atoms with van der Waals surface area (Å²) < 4.78 is 0. The highest BCUT2D eigenvalue weighted by molar-refractivity contribution is 4.97. The van der Waals surface area contributed by atoms with E-state index in [1.54, 1.807) is 0 Å². The molecule has 1 aliphatic carbocycles. The SMILES string of the molecule is OC1CCCC1N1CCCC1C1CCCN1. The number of aliphatic hydroxyl groups is 1. The Kier molecular flexibility index (Phi) is 3.18. The molecule has 3 nitrogen and oxygen atoms in total. The van der Waals surface area contributed by atoms with Crippen LogP contribution in [0.2, 0.25) is 0 Å². The third-order valence-corrected chi connectivity index (χ3v) is 4.77. The van der Waals surface area contributed by atoms with Crippen LogP contribution < -0.4 is 5.32 Å². The average molecular weight is 224 g/mol. The highest BCUT2D eigenvalue weighted by Crippen LogP contribution is 2.33. The summed E-state index contributed by atoms with van der Waals surface area (Å²) >= 11 is 0. The minimum Gasteiger partial charge on any atom is -0.391 e. The minimum absolute atomic E-state index is 0.0537. The second kappa shape index (κ2) is 4.63. The van der Waals surface area contributed by atoms with E-state index in [0.29, 0.717) is 18.1 Å². The van der Waals surface area contributed by atoms with Crippen LogP contribution in [-0.4, -0.2) is 47.3 Å². The van der Waals surface area contributed by atoms with Gasteiger partial charge in [-0.05, 0) is 58.0 Å². The Hall–Kier alpha value is -0.120. The molecule has 1 saturated carbocycles. The molecule has 3 rings (SSSR count). The van der Waals surface area contributed by atoms with Gasteiger partial charge in [-0.25, -0.2) is 0 Å². The fraction of sp³-hybridized carbons (Fsp3) is 1.00. The fourth-order valence-electron chi connectivity index (χ4n) is 4.01. The molecule has 2 N–H and O–H groups in total. The van der Waals surface area contributed by atoms with Crippen molar-refractivity contribution in [1.82, 2.24) is 10.2 Å². The predicted molar refractivity (Wildman–Crippen MR) is 64.4 cm³/mol. The number of hydrogen-bond acceptors (Lipinski definition) is 3. The Morgan fingerprint density at radius 1 is 0.938 bits per heavy atom. The predicted octanol–water partition coefficient (Wildman–Crippen LogP) is 1.12. The van der Waals surface area contributed by atoms with Gasteiger partial charge in [0.15, 0.2) is 0 Å². The summed E-state index contributed by atoms with van der Waals surface area (Å²) in [6, 6.07) is 1.88. The highest BCUT2D eigenvalue weighted by atomic mass is 16.3. The van der Waals surface area contributed by atoms with Crippen LogP contribution in [0.5, 0.6) is 0 Å². The lowest BCUT2D eigenvalue weighted by Crippen LogP contribution is -2.50. The molecule has 0 amide bonds. The van der Waals surface area contributed by atoms with E-state index in [4.69, 9.17) is 0 Å². The molecule has 3 fully saturated rings. The van der Waals surface area contributed by atoms with Crippen LogP contribution >= 0.6 is 0 Å². The smallest absolute Gasteiger partial charge is 0.0695 e. The third-order valence-electron chi connectivity index (χ3n) is 4.77. The molecule has 0 aromatic rings. The molecule has 3 heteroatoms. The summed E-state index contributed by atoms with van der Waals surface area (Å²) in [6.45, 7) is 2.41. The standard InChI is InChI=1S/C13H24N2O/c16-13-7-1-5-12(13)15-9-3-6-11(15)10-4-2-8-14-10/h10-14,16H,1-9H2. The van der Waals surface area contributed by atoms with Crippen molar-refractivity contribution in [3.05, 3.63) is 0 Å².